The average Bonchev–Trinajstić information content (AvgIpc) is 2.82. The summed E-state index contributed by atoms with van der Waals surface area (Å²) in [6, 6.07) is 2.40. The van der Waals surface area contributed by atoms with Gasteiger partial charge in [0.2, 0.25) is 0 Å². The van der Waals surface area contributed by atoms with Crippen molar-refractivity contribution in [2.24, 2.45) is 0 Å². The Labute approximate surface area is 129 Å². The first-order chi connectivity index (χ1) is 10.8. The van der Waals surface area contributed by atoms with E-state index in [2.05, 4.69) is 9.72 Å². The van der Waals surface area contributed by atoms with E-state index in [1.807, 2.05) is 0 Å². The number of nitrogens with one attached hydrogen (secondary N) is 1. The van der Waals surface area contributed by atoms with E-state index in [1.165, 1.54) is 20.1 Å². The Kier molecular flexibility index (Phi) is 3.21. The molecule has 7 heteroatoms. The normalized spacial score (nSPS) is 11.1. The molecular formula is C16H13NO6. The number of aromatic amines is 1. The van der Waals surface area contributed by atoms with E-state index in [1.54, 1.807) is 6.92 Å². The second-order valence-corrected chi connectivity index (χ2v) is 5.15. The first-order valence-corrected chi connectivity index (χ1v) is 6.76. The number of hydrogen-bond acceptors (Lipinski definition) is 6. The van der Waals surface area contributed by atoms with Crippen LogP contribution in [-0.2, 0) is 4.74 Å². The van der Waals surface area contributed by atoms with Crippen molar-refractivity contribution in [3.8, 4) is 5.75 Å². The number of H-pyrrole nitrogens is 1. The summed E-state index contributed by atoms with van der Waals surface area (Å²) < 4.78 is 10.1. The van der Waals surface area contributed by atoms with Crippen molar-refractivity contribution in [2.75, 3.05) is 7.11 Å². The molecule has 0 saturated carbocycles. The van der Waals surface area contributed by atoms with Gasteiger partial charge in [-0.3, -0.25) is 9.59 Å². The SMILES string of the molecule is COC(=O)c1cc(=O)c2c([nH]1)c(O)cc1c(C(C)=O)c(C)oc12. The third kappa shape index (κ3) is 2.09. The van der Waals surface area contributed by atoms with E-state index in [4.69, 9.17) is 4.42 Å². The lowest BCUT2D eigenvalue weighted by Crippen LogP contribution is -2.11. The van der Waals surface area contributed by atoms with Crippen LogP contribution in [-0.4, -0.2) is 29.0 Å². The largest absolute Gasteiger partial charge is 0.506 e. The number of rotatable bonds is 2. The van der Waals surface area contributed by atoms with Gasteiger partial charge in [0, 0.05) is 11.5 Å². The Morgan fingerprint density at radius 1 is 1.30 bits per heavy atom. The maximum absolute atomic E-state index is 12.4. The van der Waals surface area contributed by atoms with Crippen molar-refractivity contribution in [3.63, 3.8) is 0 Å². The van der Waals surface area contributed by atoms with Gasteiger partial charge in [-0.2, -0.15) is 0 Å². The number of methoxy groups -OCH3 is 1. The number of furan rings is 1. The number of ketones is 1. The third-order valence-electron chi connectivity index (χ3n) is 3.67. The zero-order valence-corrected chi connectivity index (χ0v) is 12.6. The first kappa shape index (κ1) is 14.8. The summed E-state index contributed by atoms with van der Waals surface area (Å²) in [5.74, 6) is -0.874. The van der Waals surface area contributed by atoms with Crippen LogP contribution in [0.1, 0.15) is 33.5 Å². The molecule has 0 atom stereocenters. The van der Waals surface area contributed by atoms with Crippen LogP contribution < -0.4 is 5.43 Å². The number of aromatic nitrogens is 1. The van der Waals surface area contributed by atoms with E-state index in [-0.39, 0.29) is 33.7 Å². The molecule has 0 amide bonds. The Hall–Kier alpha value is -3.09. The molecule has 0 aliphatic heterocycles. The predicted molar refractivity (Wildman–Crippen MR) is 82.1 cm³/mol. The summed E-state index contributed by atoms with van der Waals surface area (Å²) in [7, 11) is 1.18. The number of phenolic OH excluding ortho intramolecular Hbond substituents is 1. The van der Waals surface area contributed by atoms with E-state index in [0.29, 0.717) is 16.7 Å². The Balaban J connectivity index is 2.51. The summed E-state index contributed by atoms with van der Waals surface area (Å²) in [5.41, 5.74) is -0.0558. The predicted octanol–water partition coefficient (Wildman–Crippen LogP) is 2.28. The van der Waals surface area contributed by atoms with Crippen molar-refractivity contribution in [1.29, 1.82) is 0 Å². The minimum absolute atomic E-state index is 0.0502. The van der Waals surface area contributed by atoms with Crippen LogP contribution in [0.2, 0.25) is 0 Å². The third-order valence-corrected chi connectivity index (χ3v) is 3.67. The van der Waals surface area contributed by atoms with Crippen LogP contribution in [0.15, 0.2) is 21.3 Å². The molecule has 23 heavy (non-hydrogen) atoms. The average molecular weight is 315 g/mol. The zero-order chi connectivity index (χ0) is 16.9. The standard InChI is InChI=1S/C16H13NO6/c1-6(18)12-7(2)23-15-8(12)4-11(20)14-13(15)10(19)5-9(17-14)16(21)22-3/h4-5,20H,1-3H3,(H,17,19). The second-order valence-electron chi connectivity index (χ2n) is 5.15. The quantitative estimate of drug-likeness (QED) is 0.554. The summed E-state index contributed by atoms with van der Waals surface area (Å²) in [6.07, 6.45) is 0. The molecule has 3 aromatic rings. The molecule has 0 spiro atoms. The molecule has 0 saturated heterocycles. The number of carbonyl (C=O) groups excluding carboxylic acids is 2. The first-order valence-electron chi connectivity index (χ1n) is 6.76. The molecule has 0 bridgehead atoms. The van der Waals surface area contributed by atoms with Crippen molar-refractivity contribution in [3.05, 3.63) is 39.4 Å². The highest BCUT2D eigenvalue weighted by Crippen LogP contribution is 2.35. The number of phenols is 1. The van der Waals surface area contributed by atoms with Crippen LogP contribution in [0, 0.1) is 6.92 Å². The van der Waals surface area contributed by atoms with E-state index < -0.39 is 11.4 Å². The molecule has 0 radical (unpaired) electrons. The number of benzene rings is 1. The number of hydrogen-bond donors (Lipinski definition) is 2. The molecule has 2 aromatic heterocycles. The highest BCUT2D eigenvalue weighted by molar-refractivity contribution is 6.15. The van der Waals surface area contributed by atoms with Gasteiger partial charge >= 0.3 is 5.97 Å². The molecule has 3 rings (SSSR count). The zero-order valence-electron chi connectivity index (χ0n) is 12.6. The maximum atomic E-state index is 12.4. The monoisotopic (exact) mass is 315 g/mol. The molecular weight excluding hydrogens is 302 g/mol. The molecule has 2 N–H and O–H groups in total. The van der Waals surface area contributed by atoms with Gasteiger partial charge in [0.25, 0.3) is 0 Å². The lowest BCUT2D eigenvalue weighted by molar-refractivity contribution is 0.0594. The molecule has 0 aliphatic rings. The number of ether oxygens (including phenoxy) is 1. The van der Waals surface area contributed by atoms with Gasteiger partial charge in [-0.25, -0.2) is 4.79 Å². The highest BCUT2D eigenvalue weighted by atomic mass is 16.5. The maximum Gasteiger partial charge on any atom is 0.354 e. The Morgan fingerprint density at radius 3 is 2.61 bits per heavy atom. The minimum atomic E-state index is -0.733. The van der Waals surface area contributed by atoms with Crippen molar-refractivity contribution in [2.45, 2.75) is 13.8 Å². The van der Waals surface area contributed by atoms with Crippen LogP contribution >= 0.6 is 0 Å². The number of aromatic hydroxyl groups is 1. The Bertz CT molecular complexity index is 1040. The smallest absolute Gasteiger partial charge is 0.354 e. The van der Waals surface area contributed by atoms with Gasteiger partial charge in [-0.05, 0) is 19.9 Å². The van der Waals surface area contributed by atoms with Gasteiger partial charge in [-0.15, -0.1) is 0 Å². The number of carbonyl (C=O) groups is 2. The van der Waals surface area contributed by atoms with E-state index in [9.17, 15) is 19.5 Å². The van der Waals surface area contributed by atoms with Crippen LogP contribution in [0.25, 0.3) is 21.9 Å². The number of aryl methyl sites for hydroxylation is 1. The highest BCUT2D eigenvalue weighted by Gasteiger charge is 2.22. The van der Waals surface area contributed by atoms with Gasteiger partial charge < -0.3 is 19.2 Å². The van der Waals surface area contributed by atoms with Gasteiger partial charge in [-0.1, -0.05) is 0 Å². The van der Waals surface area contributed by atoms with Crippen LogP contribution in [0.5, 0.6) is 5.75 Å². The number of fused-ring (bicyclic) bond motifs is 3. The van der Waals surface area contributed by atoms with Gasteiger partial charge in [0.15, 0.2) is 11.2 Å². The molecule has 0 fully saturated rings. The molecule has 0 aliphatic carbocycles. The fraction of sp³-hybridized carbons (Fsp3) is 0.188. The lowest BCUT2D eigenvalue weighted by Gasteiger charge is -2.05. The topological polar surface area (TPSA) is 110 Å². The molecule has 2 heterocycles. The molecule has 1 aromatic carbocycles. The molecule has 7 nitrogen and oxygen atoms in total. The van der Waals surface area contributed by atoms with Crippen molar-refractivity contribution in [1.82, 2.24) is 4.98 Å². The lowest BCUT2D eigenvalue weighted by atomic mass is 10.0. The van der Waals surface area contributed by atoms with Crippen molar-refractivity contribution >= 4 is 33.6 Å². The van der Waals surface area contributed by atoms with Gasteiger partial charge in [0.1, 0.15) is 22.8 Å². The van der Waals surface area contributed by atoms with Crippen LogP contribution in [0.4, 0.5) is 0 Å². The summed E-state index contributed by atoms with van der Waals surface area (Å²) in [6.45, 7) is 2.99. The minimum Gasteiger partial charge on any atom is -0.506 e. The van der Waals surface area contributed by atoms with Crippen LogP contribution in [0.3, 0.4) is 0 Å². The number of pyridine rings is 1. The summed E-state index contributed by atoms with van der Waals surface area (Å²) in [5, 5.41) is 10.6. The number of esters is 1. The summed E-state index contributed by atoms with van der Waals surface area (Å²) in [4.78, 5) is 38.4. The Morgan fingerprint density at radius 2 is 2.00 bits per heavy atom. The fourth-order valence-corrected chi connectivity index (χ4v) is 2.73. The second kappa shape index (κ2) is 4.98. The van der Waals surface area contributed by atoms with E-state index in [0.717, 1.165) is 6.07 Å². The number of Topliss-reactive ketones (excluding diaryl/α,β-unsaturated/α-hetero) is 1. The fourth-order valence-electron chi connectivity index (χ4n) is 2.73. The molecule has 0 unspecified atom stereocenters. The van der Waals surface area contributed by atoms with E-state index >= 15 is 0 Å². The van der Waals surface area contributed by atoms with Gasteiger partial charge in [0.05, 0.1) is 23.6 Å². The molecule has 118 valence electrons. The summed E-state index contributed by atoms with van der Waals surface area (Å²) >= 11 is 0. The van der Waals surface area contributed by atoms with Crippen molar-refractivity contribution < 1.29 is 23.8 Å².